The molecule has 7 nitrogen and oxygen atoms in total. The Balaban J connectivity index is 1.96. The lowest BCUT2D eigenvalue weighted by Crippen LogP contribution is -2.51. The van der Waals surface area contributed by atoms with E-state index in [1.165, 1.54) is 6.07 Å². The van der Waals surface area contributed by atoms with Crippen LogP contribution in [-0.4, -0.2) is 34.2 Å². The number of benzene rings is 3. The van der Waals surface area contributed by atoms with Gasteiger partial charge in [-0.3, -0.25) is 19.7 Å². The first-order valence-corrected chi connectivity index (χ1v) is 11.9. The molecule has 0 bridgehead atoms. The highest BCUT2D eigenvalue weighted by Crippen LogP contribution is 2.21. The Hall–Kier alpha value is -4.00. The summed E-state index contributed by atoms with van der Waals surface area (Å²) in [5.41, 5.74) is 2.03. The van der Waals surface area contributed by atoms with Gasteiger partial charge in [-0.15, -0.1) is 0 Å². The molecule has 0 radical (unpaired) electrons. The molecule has 1 atom stereocenters. The minimum Gasteiger partial charge on any atom is -0.354 e. The Labute approximate surface area is 205 Å². The second-order valence-corrected chi connectivity index (χ2v) is 8.42. The third-order valence-corrected chi connectivity index (χ3v) is 5.83. The van der Waals surface area contributed by atoms with Gasteiger partial charge in [0.05, 0.1) is 11.3 Å². The monoisotopic (exact) mass is 473 g/mol. The molecule has 0 saturated heterocycles. The third kappa shape index (κ3) is 7.50. The van der Waals surface area contributed by atoms with Crippen LogP contribution in [0, 0.1) is 10.1 Å². The lowest BCUT2D eigenvalue weighted by molar-refractivity contribution is -0.385. The van der Waals surface area contributed by atoms with E-state index in [2.05, 4.69) is 5.32 Å². The van der Waals surface area contributed by atoms with Crippen LogP contribution >= 0.6 is 0 Å². The minimum atomic E-state index is -0.760. The van der Waals surface area contributed by atoms with Crippen molar-refractivity contribution in [3.05, 3.63) is 112 Å². The maximum Gasteiger partial charge on any atom is 0.273 e. The number of unbranched alkanes of at least 4 members (excludes halogenated alkanes) is 1. The number of para-hydroxylation sites is 1. The fraction of sp³-hybridized carbons (Fsp3) is 0.286. The lowest BCUT2D eigenvalue weighted by Gasteiger charge is -2.31. The number of hydrogen-bond donors (Lipinski definition) is 1. The number of carbonyl (C=O) groups is 2. The van der Waals surface area contributed by atoms with Crippen LogP contribution in [0.5, 0.6) is 0 Å². The van der Waals surface area contributed by atoms with Crippen molar-refractivity contribution in [1.29, 1.82) is 0 Å². The van der Waals surface area contributed by atoms with Crippen LogP contribution in [0.4, 0.5) is 5.69 Å². The summed E-state index contributed by atoms with van der Waals surface area (Å²) in [5.74, 6) is -0.566. The number of nitrogens with one attached hydrogen (secondary N) is 1. The van der Waals surface area contributed by atoms with Crippen molar-refractivity contribution in [1.82, 2.24) is 10.2 Å². The van der Waals surface area contributed by atoms with Crippen LogP contribution in [0.3, 0.4) is 0 Å². The van der Waals surface area contributed by atoms with E-state index in [0.717, 1.165) is 24.0 Å². The van der Waals surface area contributed by atoms with Crippen molar-refractivity contribution in [3.8, 4) is 0 Å². The zero-order chi connectivity index (χ0) is 25.0. The maximum absolute atomic E-state index is 13.7. The van der Waals surface area contributed by atoms with E-state index in [4.69, 9.17) is 0 Å². The summed E-state index contributed by atoms with van der Waals surface area (Å²) in [6.07, 6.45) is 1.95. The highest BCUT2D eigenvalue weighted by molar-refractivity contribution is 5.89. The first-order valence-electron chi connectivity index (χ1n) is 11.9. The second-order valence-electron chi connectivity index (χ2n) is 8.42. The molecule has 7 heteroatoms. The number of nitro groups is 1. The second kappa shape index (κ2) is 13.0. The van der Waals surface area contributed by atoms with Gasteiger partial charge in [0.1, 0.15) is 6.04 Å². The van der Waals surface area contributed by atoms with Gasteiger partial charge in [-0.2, -0.15) is 0 Å². The largest absolute Gasteiger partial charge is 0.354 e. The van der Waals surface area contributed by atoms with E-state index in [0.29, 0.717) is 18.5 Å². The van der Waals surface area contributed by atoms with Crippen LogP contribution < -0.4 is 5.32 Å². The smallest absolute Gasteiger partial charge is 0.273 e. The van der Waals surface area contributed by atoms with Gasteiger partial charge in [0.2, 0.25) is 11.8 Å². The predicted molar refractivity (Wildman–Crippen MR) is 136 cm³/mol. The average Bonchev–Trinajstić information content (AvgIpc) is 2.87. The van der Waals surface area contributed by atoms with Crippen LogP contribution in [0.15, 0.2) is 84.9 Å². The SMILES string of the molecule is CCCCNC(=O)C(Cc1ccccc1)N(Cc1ccccc1)C(=O)Cc1ccccc1[N+](=O)[O-]. The molecule has 0 spiro atoms. The van der Waals surface area contributed by atoms with Crippen LogP contribution in [0.1, 0.15) is 36.5 Å². The molecule has 0 aliphatic rings. The van der Waals surface area contributed by atoms with Crippen LogP contribution in [0.2, 0.25) is 0 Å². The topological polar surface area (TPSA) is 92.6 Å². The molecule has 0 saturated carbocycles. The molecule has 182 valence electrons. The summed E-state index contributed by atoms with van der Waals surface area (Å²) in [6, 6.07) is 24.5. The van der Waals surface area contributed by atoms with Gasteiger partial charge < -0.3 is 10.2 Å². The summed E-state index contributed by atoms with van der Waals surface area (Å²) < 4.78 is 0. The van der Waals surface area contributed by atoms with E-state index in [-0.39, 0.29) is 30.5 Å². The highest BCUT2D eigenvalue weighted by atomic mass is 16.6. The highest BCUT2D eigenvalue weighted by Gasteiger charge is 2.31. The van der Waals surface area contributed by atoms with Gasteiger partial charge in [-0.1, -0.05) is 92.2 Å². The lowest BCUT2D eigenvalue weighted by atomic mass is 10.0. The molecule has 0 heterocycles. The van der Waals surface area contributed by atoms with Gasteiger partial charge in [0.25, 0.3) is 5.69 Å². The number of nitro benzene ring substituents is 1. The van der Waals surface area contributed by atoms with Gasteiger partial charge >= 0.3 is 0 Å². The van der Waals surface area contributed by atoms with E-state index >= 15 is 0 Å². The molecule has 35 heavy (non-hydrogen) atoms. The van der Waals surface area contributed by atoms with Gasteiger partial charge in [-0.25, -0.2) is 0 Å². The summed E-state index contributed by atoms with van der Waals surface area (Å²) in [7, 11) is 0. The third-order valence-electron chi connectivity index (χ3n) is 5.83. The first kappa shape index (κ1) is 25.6. The van der Waals surface area contributed by atoms with Gasteiger partial charge in [0, 0.05) is 31.1 Å². The molecular weight excluding hydrogens is 442 g/mol. The van der Waals surface area contributed by atoms with Crippen molar-refractivity contribution in [2.45, 2.75) is 45.2 Å². The van der Waals surface area contributed by atoms with Gasteiger partial charge in [0.15, 0.2) is 0 Å². The number of nitrogens with zero attached hydrogens (tertiary/aromatic N) is 2. The standard InChI is InChI=1S/C28H31N3O4/c1-2-3-18-29-28(33)26(19-22-12-6-4-7-13-22)30(21-23-14-8-5-9-15-23)27(32)20-24-16-10-11-17-25(24)31(34)35/h4-17,26H,2-3,18-21H2,1H3,(H,29,33). The summed E-state index contributed by atoms with van der Waals surface area (Å²) in [5, 5.41) is 14.5. The summed E-state index contributed by atoms with van der Waals surface area (Å²) in [4.78, 5) is 39.6. The normalized spacial score (nSPS) is 11.5. The van der Waals surface area contributed by atoms with Crippen molar-refractivity contribution in [2.75, 3.05) is 6.54 Å². The molecule has 0 fully saturated rings. The Morgan fingerprint density at radius 3 is 2.14 bits per heavy atom. The summed E-state index contributed by atoms with van der Waals surface area (Å²) >= 11 is 0. The van der Waals surface area contributed by atoms with Gasteiger partial charge in [-0.05, 0) is 17.5 Å². The predicted octanol–water partition coefficient (Wildman–Crippen LogP) is 4.69. The minimum absolute atomic E-state index is 0.104. The molecule has 1 unspecified atom stereocenters. The van der Waals surface area contributed by atoms with Crippen molar-refractivity contribution in [2.24, 2.45) is 0 Å². The Morgan fingerprint density at radius 2 is 1.51 bits per heavy atom. The number of carbonyl (C=O) groups excluding carboxylic acids is 2. The molecule has 0 aliphatic heterocycles. The number of hydrogen-bond acceptors (Lipinski definition) is 4. The van der Waals surface area contributed by atoms with E-state index in [9.17, 15) is 19.7 Å². The molecule has 0 aliphatic carbocycles. The Morgan fingerprint density at radius 1 is 0.914 bits per heavy atom. The molecule has 1 N–H and O–H groups in total. The Kier molecular flexibility index (Phi) is 9.54. The molecule has 3 rings (SSSR count). The fourth-order valence-corrected chi connectivity index (χ4v) is 3.94. The van der Waals surface area contributed by atoms with Crippen LogP contribution in [-0.2, 0) is 29.0 Å². The van der Waals surface area contributed by atoms with E-state index < -0.39 is 11.0 Å². The molecular formula is C28H31N3O4. The number of amides is 2. The molecule has 3 aromatic carbocycles. The average molecular weight is 474 g/mol. The van der Waals surface area contributed by atoms with Crippen LogP contribution in [0.25, 0.3) is 0 Å². The zero-order valence-corrected chi connectivity index (χ0v) is 19.9. The van der Waals surface area contributed by atoms with Crippen molar-refractivity contribution in [3.63, 3.8) is 0 Å². The zero-order valence-electron chi connectivity index (χ0n) is 19.9. The van der Waals surface area contributed by atoms with E-state index in [1.54, 1.807) is 23.1 Å². The number of rotatable bonds is 12. The van der Waals surface area contributed by atoms with Crippen molar-refractivity contribution >= 4 is 17.5 Å². The maximum atomic E-state index is 13.7. The van der Waals surface area contributed by atoms with E-state index in [1.807, 2.05) is 67.6 Å². The summed E-state index contributed by atoms with van der Waals surface area (Å²) in [6.45, 7) is 2.79. The molecule has 2 amide bonds. The molecule has 0 aromatic heterocycles. The fourth-order valence-electron chi connectivity index (χ4n) is 3.94. The Bertz CT molecular complexity index is 1120. The molecule has 3 aromatic rings. The van der Waals surface area contributed by atoms with Crippen molar-refractivity contribution < 1.29 is 14.5 Å². The quantitative estimate of drug-likeness (QED) is 0.235. The first-order chi connectivity index (χ1) is 17.0.